The van der Waals surface area contributed by atoms with Gasteiger partial charge in [-0.2, -0.15) is 0 Å². The summed E-state index contributed by atoms with van der Waals surface area (Å²) in [5.41, 5.74) is 2.21. The number of rotatable bonds is 7. The second kappa shape index (κ2) is 6.86. The third-order valence-electron chi connectivity index (χ3n) is 4.04. The number of hydrogen-bond donors (Lipinski definition) is 2. The van der Waals surface area contributed by atoms with Crippen molar-refractivity contribution in [2.24, 2.45) is 13.0 Å². The van der Waals surface area contributed by atoms with Crippen molar-refractivity contribution in [2.75, 3.05) is 13.2 Å². The lowest BCUT2D eigenvalue weighted by Crippen LogP contribution is -2.27. The average Bonchev–Trinajstić information content (AvgIpc) is 2.81. The van der Waals surface area contributed by atoms with E-state index in [0.717, 1.165) is 30.7 Å². The average molecular weight is 275 g/mol. The third-order valence-corrected chi connectivity index (χ3v) is 4.04. The summed E-state index contributed by atoms with van der Waals surface area (Å²) in [5.74, 6) is 1.59. The van der Waals surface area contributed by atoms with Crippen LogP contribution in [-0.2, 0) is 7.05 Å². The van der Waals surface area contributed by atoms with E-state index >= 15 is 0 Å². The molecule has 0 aliphatic heterocycles. The van der Waals surface area contributed by atoms with Crippen LogP contribution in [-0.4, -0.2) is 27.8 Å². The van der Waals surface area contributed by atoms with E-state index < -0.39 is 0 Å². The molecule has 2 atom stereocenters. The molecule has 2 N–H and O–H groups in total. The van der Waals surface area contributed by atoms with E-state index in [-0.39, 0.29) is 12.6 Å². The molecular formula is C16H25N3O. The zero-order valence-corrected chi connectivity index (χ0v) is 12.6. The van der Waals surface area contributed by atoms with Gasteiger partial charge in [0, 0.05) is 13.7 Å². The quantitative estimate of drug-likeness (QED) is 0.816. The molecule has 0 aliphatic carbocycles. The van der Waals surface area contributed by atoms with Crippen LogP contribution in [0, 0.1) is 5.92 Å². The highest BCUT2D eigenvalue weighted by Gasteiger charge is 2.15. The fraction of sp³-hybridized carbons (Fsp3) is 0.562. The van der Waals surface area contributed by atoms with E-state index in [0.29, 0.717) is 5.92 Å². The molecule has 20 heavy (non-hydrogen) atoms. The van der Waals surface area contributed by atoms with Gasteiger partial charge in [0.05, 0.1) is 17.1 Å². The summed E-state index contributed by atoms with van der Waals surface area (Å²) < 4.78 is 2.15. The highest BCUT2D eigenvalue weighted by Crippen LogP contribution is 2.19. The Hall–Kier alpha value is -1.39. The lowest BCUT2D eigenvalue weighted by atomic mass is 10.0. The fourth-order valence-corrected chi connectivity index (χ4v) is 2.62. The molecule has 0 saturated heterocycles. The molecule has 0 saturated carbocycles. The van der Waals surface area contributed by atoms with Gasteiger partial charge in [0.25, 0.3) is 0 Å². The molecule has 1 aromatic carbocycles. The van der Waals surface area contributed by atoms with E-state index in [4.69, 9.17) is 10.1 Å². The first-order chi connectivity index (χ1) is 9.67. The smallest absolute Gasteiger partial charge is 0.126 e. The molecule has 1 aromatic heterocycles. The molecule has 0 spiro atoms. The van der Waals surface area contributed by atoms with Crippen LogP contribution in [0.25, 0.3) is 11.0 Å². The highest BCUT2D eigenvalue weighted by atomic mass is 16.3. The molecule has 4 heteroatoms. The van der Waals surface area contributed by atoms with Crippen molar-refractivity contribution in [3.8, 4) is 0 Å². The van der Waals surface area contributed by atoms with Crippen molar-refractivity contribution in [1.82, 2.24) is 14.9 Å². The van der Waals surface area contributed by atoms with Gasteiger partial charge in [0.2, 0.25) is 0 Å². The van der Waals surface area contributed by atoms with E-state index in [1.807, 2.05) is 18.2 Å². The molecule has 0 aliphatic rings. The molecule has 0 fully saturated rings. The number of benzene rings is 1. The van der Waals surface area contributed by atoms with Crippen molar-refractivity contribution < 1.29 is 5.11 Å². The second-order valence-corrected chi connectivity index (χ2v) is 5.43. The molecule has 110 valence electrons. The van der Waals surface area contributed by atoms with Gasteiger partial charge >= 0.3 is 0 Å². The Balaban J connectivity index is 2.07. The number of fused-ring (bicyclic) bond motifs is 1. The molecule has 4 nitrogen and oxygen atoms in total. The number of hydrogen-bond acceptors (Lipinski definition) is 3. The van der Waals surface area contributed by atoms with Gasteiger partial charge in [0.1, 0.15) is 5.82 Å². The third kappa shape index (κ3) is 3.19. The van der Waals surface area contributed by atoms with Gasteiger partial charge < -0.3 is 15.0 Å². The maximum absolute atomic E-state index is 9.05. The van der Waals surface area contributed by atoms with Gasteiger partial charge in [-0.25, -0.2) is 4.98 Å². The summed E-state index contributed by atoms with van der Waals surface area (Å²) in [7, 11) is 2.06. The monoisotopic (exact) mass is 275 g/mol. The summed E-state index contributed by atoms with van der Waals surface area (Å²) >= 11 is 0. The molecule has 2 rings (SSSR count). The minimum atomic E-state index is 0.208. The van der Waals surface area contributed by atoms with Gasteiger partial charge in [-0.15, -0.1) is 0 Å². The van der Waals surface area contributed by atoms with Crippen molar-refractivity contribution >= 4 is 11.0 Å². The van der Waals surface area contributed by atoms with Crippen molar-refractivity contribution in [2.45, 2.75) is 32.7 Å². The van der Waals surface area contributed by atoms with Gasteiger partial charge in [-0.05, 0) is 37.9 Å². The molecule has 0 bridgehead atoms. The number of aryl methyl sites for hydroxylation is 1. The van der Waals surface area contributed by atoms with E-state index in [2.05, 4.69) is 36.8 Å². The van der Waals surface area contributed by atoms with Crippen molar-refractivity contribution in [3.63, 3.8) is 0 Å². The largest absolute Gasteiger partial charge is 0.396 e. The van der Waals surface area contributed by atoms with Gasteiger partial charge in [-0.3, -0.25) is 0 Å². The van der Waals surface area contributed by atoms with Crippen LogP contribution in [0.4, 0.5) is 0 Å². The standard InChI is InChI=1S/C16H25N3O/c1-4-13(9-10-20)11-17-12(2)16-18-14-7-5-6-8-15(14)19(16)3/h5-8,12-13,17,20H,4,9-11H2,1-3H3. The van der Waals surface area contributed by atoms with Gasteiger partial charge in [0.15, 0.2) is 0 Å². The number of aromatic nitrogens is 2. The SMILES string of the molecule is CCC(CCO)CNC(C)c1nc2ccccc2n1C. The Kier molecular flexibility index (Phi) is 5.15. The predicted molar refractivity (Wildman–Crippen MR) is 82.6 cm³/mol. The summed E-state index contributed by atoms with van der Waals surface area (Å²) in [6, 6.07) is 8.41. The molecular weight excluding hydrogens is 250 g/mol. The zero-order chi connectivity index (χ0) is 14.5. The summed E-state index contributed by atoms with van der Waals surface area (Å²) in [6.07, 6.45) is 1.95. The van der Waals surface area contributed by atoms with Crippen LogP contribution >= 0.6 is 0 Å². The van der Waals surface area contributed by atoms with Gasteiger partial charge in [-0.1, -0.05) is 25.5 Å². The van der Waals surface area contributed by atoms with E-state index in [9.17, 15) is 0 Å². The molecule has 1 heterocycles. The number of aliphatic hydroxyl groups is 1. The van der Waals surface area contributed by atoms with Crippen LogP contribution in [0.5, 0.6) is 0 Å². The highest BCUT2D eigenvalue weighted by molar-refractivity contribution is 5.75. The second-order valence-electron chi connectivity index (χ2n) is 5.43. The number of para-hydroxylation sites is 2. The summed E-state index contributed by atoms with van der Waals surface area (Å²) in [6.45, 7) is 5.50. The van der Waals surface area contributed by atoms with Crippen molar-refractivity contribution in [3.05, 3.63) is 30.1 Å². The molecule has 0 radical (unpaired) electrons. The predicted octanol–water partition coefficient (Wildman–Crippen LogP) is 2.63. The Morgan fingerprint density at radius 2 is 2.10 bits per heavy atom. The molecule has 2 aromatic rings. The van der Waals surface area contributed by atoms with Crippen LogP contribution in [0.3, 0.4) is 0 Å². The maximum atomic E-state index is 9.05. The Labute approximate surface area is 120 Å². The van der Waals surface area contributed by atoms with Crippen LogP contribution in [0.1, 0.15) is 38.6 Å². The maximum Gasteiger partial charge on any atom is 0.126 e. The lowest BCUT2D eigenvalue weighted by Gasteiger charge is -2.19. The first-order valence-electron chi connectivity index (χ1n) is 7.43. The van der Waals surface area contributed by atoms with Crippen LogP contribution in [0.2, 0.25) is 0 Å². The molecule has 2 unspecified atom stereocenters. The minimum Gasteiger partial charge on any atom is -0.396 e. The fourth-order valence-electron chi connectivity index (χ4n) is 2.62. The van der Waals surface area contributed by atoms with Crippen LogP contribution < -0.4 is 5.32 Å². The summed E-state index contributed by atoms with van der Waals surface area (Å²) in [4.78, 5) is 4.71. The normalized spacial score (nSPS) is 14.6. The number of imidazole rings is 1. The topological polar surface area (TPSA) is 50.1 Å². The first kappa shape index (κ1) is 15.0. The van der Waals surface area contributed by atoms with Crippen molar-refractivity contribution in [1.29, 1.82) is 0 Å². The van der Waals surface area contributed by atoms with E-state index in [1.54, 1.807) is 0 Å². The summed E-state index contributed by atoms with van der Waals surface area (Å²) in [5, 5.41) is 12.6. The number of nitrogens with zero attached hydrogens (tertiary/aromatic N) is 2. The zero-order valence-electron chi connectivity index (χ0n) is 12.6. The minimum absolute atomic E-state index is 0.208. The number of nitrogens with one attached hydrogen (secondary N) is 1. The number of aliphatic hydroxyl groups excluding tert-OH is 1. The Morgan fingerprint density at radius 1 is 1.35 bits per heavy atom. The van der Waals surface area contributed by atoms with Crippen LogP contribution in [0.15, 0.2) is 24.3 Å². The Bertz CT molecular complexity index is 550. The molecule has 0 amide bonds. The lowest BCUT2D eigenvalue weighted by molar-refractivity contribution is 0.248. The first-order valence-corrected chi connectivity index (χ1v) is 7.43. The Morgan fingerprint density at radius 3 is 2.75 bits per heavy atom. The van der Waals surface area contributed by atoms with E-state index in [1.165, 1.54) is 5.52 Å².